The highest BCUT2D eigenvalue weighted by atomic mass is 19.1. The number of amides is 2. The summed E-state index contributed by atoms with van der Waals surface area (Å²) < 4.78 is 12.6. The number of carbonyl (C=O) groups excluding carboxylic acids is 1. The zero-order valence-electron chi connectivity index (χ0n) is 7.20. The van der Waals surface area contributed by atoms with Crippen molar-refractivity contribution >= 4 is 12.2 Å². The molecule has 0 aliphatic carbocycles. The van der Waals surface area contributed by atoms with E-state index in [2.05, 4.69) is 10.5 Å². The topological polar surface area (TPSA) is 79.5 Å². The molecule has 0 radical (unpaired) electrons. The van der Waals surface area contributed by atoms with Gasteiger partial charge in [-0.25, -0.2) is 20.5 Å². The number of hydrazine groups is 1. The Balaban J connectivity index is 2.56. The zero-order chi connectivity index (χ0) is 10.4. The summed E-state index contributed by atoms with van der Waals surface area (Å²) in [6, 6.07) is 5.15. The predicted molar refractivity (Wildman–Crippen MR) is 49.8 cm³/mol. The maximum Gasteiger partial charge on any atom is 0.349 e. The van der Waals surface area contributed by atoms with Gasteiger partial charge in [0.1, 0.15) is 5.82 Å². The van der Waals surface area contributed by atoms with Crippen LogP contribution in [0.25, 0.3) is 0 Å². The molecular formula is C8H9FN4O. The first-order valence-corrected chi connectivity index (χ1v) is 3.77. The van der Waals surface area contributed by atoms with Gasteiger partial charge in [0.05, 0.1) is 6.21 Å². The number of hydrogen-bond acceptors (Lipinski definition) is 3. The molecule has 0 heterocycles. The van der Waals surface area contributed by atoms with Crippen molar-refractivity contribution in [3.63, 3.8) is 0 Å². The first-order chi connectivity index (χ1) is 6.72. The van der Waals surface area contributed by atoms with Crippen LogP contribution < -0.4 is 16.7 Å². The SMILES string of the molecule is NNC(=O)N/N=C/c1cccc(F)c1. The maximum atomic E-state index is 12.6. The number of nitrogens with two attached hydrogens (primary N) is 1. The lowest BCUT2D eigenvalue weighted by atomic mass is 10.2. The van der Waals surface area contributed by atoms with Gasteiger partial charge < -0.3 is 0 Å². The highest BCUT2D eigenvalue weighted by molar-refractivity contribution is 5.81. The lowest BCUT2D eigenvalue weighted by molar-refractivity contribution is 0.241. The van der Waals surface area contributed by atoms with Gasteiger partial charge in [0.2, 0.25) is 0 Å². The molecule has 2 amide bonds. The molecule has 0 aliphatic heterocycles. The Bertz CT molecular complexity index is 353. The van der Waals surface area contributed by atoms with Crippen LogP contribution in [0.15, 0.2) is 29.4 Å². The lowest BCUT2D eigenvalue weighted by Crippen LogP contribution is -2.37. The van der Waals surface area contributed by atoms with E-state index in [0.29, 0.717) is 5.56 Å². The van der Waals surface area contributed by atoms with Crippen LogP contribution >= 0.6 is 0 Å². The van der Waals surface area contributed by atoms with Gasteiger partial charge in [0.15, 0.2) is 0 Å². The van der Waals surface area contributed by atoms with E-state index in [0.717, 1.165) is 0 Å². The van der Waals surface area contributed by atoms with Crippen LogP contribution in [-0.4, -0.2) is 12.2 Å². The Labute approximate surface area is 79.8 Å². The van der Waals surface area contributed by atoms with E-state index in [9.17, 15) is 9.18 Å². The van der Waals surface area contributed by atoms with E-state index >= 15 is 0 Å². The lowest BCUT2D eigenvalue weighted by Gasteiger charge is -1.96. The quantitative estimate of drug-likeness (QED) is 0.276. The van der Waals surface area contributed by atoms with Crippen molar-refractivity contribution in [2.75, 3.05) is 0 Å². The zero-order valence-corrected chi connectivity index (χ0v) is 7.20. The number of nitrogens with zero attached hydrogens (tertiary/aromatic N) is 1. The number of halogens is 1. The molecule has 0 saturated carbocycles. The number of benzene rings is 1. The highest BCUT2D eigenvalue weighted by Crippen LogP contribution is 1.99. The fraction of sp³-hybridized carbons (Fsp3) is 0. The number of hydrazone groups is 1. The Hall–Kier alpha value is -1.95. The number of urea groups is 1. The number of nitrogens with one attached hydrogen (secondary N) is 2. The van der Waals surface area contributed by atoms with Crippen LogP contribution in [0.1, 0.15) is 5.56 Å². The molecule has 1 rings (SSSR count). The Morgan fingerprint density at radius 2 is 2.36 bits per heavy atom. The van der Waals surface area contributed by atoms with Gasteiger partial charge in [-0.1, -0.05) is 12.1 Å². The summed E-state index contributed by atoms with van der Waals surface area (Å²) in [7, 11) is 0. The number of rotatable bonds is 2. The standard InChI is InChI=1S/C8H9FN4O/c9-7-3-1-2-6(4-7)5-11-13-8(14)12-10/h1-5H,10H2,(H2,12,13,14)/b11-5+. The van der Waals surface area contributed by atoms with Crippen LogP contribution in [0.4, 0.5) is 9.18 Å². The van der Waals surface area contributed by atoms with E-state index in [-0.39, 0.29) is 5.82 Å². The molecule has 0 saturated heterocycles. The molecule has 14 heavy (non-hydrogen) atoms. The Morgan fingerprint density at radius 1 is 1.57 bits per heavy atom. The maximum absolute atomic E-state index is 12.6. The second-order valence-corrected chi connectivity index (χ2v) is 2.40. The van der Waals surface area contributed by atoms with Crippen LogP contribution in [0, 0.1) is 5.82 Å². The van der Waals surface area contributed by atoms with E-state index in [1.165, 1.54) is 18.3 Å². The van der Waals surface area contributed by atoms with Gasteiger partial charge >= 0.3 is 6.03 Å². The monoisotopic (exact) mass is 196 g/mol. The van der Waals surface area contributed by atoms with E-state index in [4.69, 9.17) is 5.84 Å². The molecule has 0 bridgehead atoms. The van der Waals surface area contributed by atoms with Gasteiger partial charge in [0.25, 0.3) is 0 Å². The molecule has 0 aromatic heterocycles. The minimum Gasteiger partial charge on any atom is -0.274 e. The summed E-state index contributed by atoms with van der Waals surface area (Å²) >= 11 is 0. The summed E-state index contributed by atoms with van der Waals surface area (Å²) in [5.41, 5.74) is 4.44. The van der Waals surface area contributed by atoms with E-state index in [1.54, 1.807) is 12.1 Å². The van der Waals surface area contributed by atoms with Crippen molar-refractivity contribution < 1.29 is 9.18 Å². The minimum absolute atomic E-state index is 0.364. The van der Waals surface area contributed by atoms with Crippen molar-refractivity contribution in [3.05, 3.63) is 35.6 Å². The first kappa shape index (κ1) is 10.1. The van der Waals surface area contributed by atoms with Crippen molar-refractivity contribution in [2.45, 2.75) is 0 Å². The first-order valence-electron chi connectivity index (χ1n) is 3.77. The molecule has 0 unspecified atom stereocenters. The number of hydrogen-bond donors (Lipinski definition) is 3. The van der Waals surface area contributed by atoms with Gasteiger partial charge in [-0.3, -0.25) is 5.43 Å². The van der Waals surface area contributed by atoms with Crippen molar-refractivity contribution in [1.82, 2.24) is 10.9 Å². The molecule has 6 heteroatoms. The predicted octanol–water partition coefficient (Wildman–Crippen LogP) is 0.333. The fourth-order valence-electron chi connectivity index (χ4n) is 0.785. The van der Waals surface area contributed by atoms with Gasteiger partial charge in [0, 0.05) is 0 Å². The second-order valence-electron chi connectivity index (χ2n) is 2.40. The van der Waals surface area contributed by atoms with Crippen molar-refractivity contribution in [2.24, 2.45) is 10.9 Å². The van der Waals surface area contributed by atoms with Crippen LogP contribution in [0.5, 0.6) is 0 Å². The minimum atomic E-state index is -0.641. The average molecular weight is 196 g/mol. The number of carbonyl (C=O) groups is 1. The van der Waals surface area contributed by atoms with Crippen LogP contribution in [-0.2, 0) is 0 Å². The summed E-state index contributed by atoms with van der Waals surface area (Å²) in [5.74, 6) is 4.42. The molecule has 4 N–H and O–H groups in total. The molecule has 1 aromatic carbocycles. The molecule has 0 atom stereocenters. The van der Waals surface area contributed by atoms with Gasteiger partial charge in [-0.05, 0) is 17.7 Å². The molecule has 5 nitrogen and oxygen atoms in total. The summed E-state index contributed by atoms with van der Waals surface area (Å²) in [5, 5.41) is 3.52. The molecule has 1 aromatic rings. The average Bonchev–Trinajstić information content (AvgIpc) is 2.17. The molecular weight excluding hydrogens is 187 g/mol. The third-order valence-corrected chi connectivity index (χ3v) is 1.36. The second kappa shape index (κ2) is 4.93. The van der Waals surface area contributed by atoms with Crippen LogP contribution in [0.3, 0.4) is 0 Å². The largest absolute Gasteiger partial charge is 0.349 e. The summed E-state index contributed by atoms with van der Waals surface area (Å²) in [4.78, 5) is 10.5. The molecule has 0 fully saturated rings. The summed E-state index contributed by atoms with van der Waals surface area (Å²) in [6.45, 7) is 0. The highest BCUT2D eigenvalue weighted by Gasteiger charge is 1.92. The van der Waals surface area contributed by atoms with E-state index in [1.807, 2.05) is 5.43 Å². The van der Waals surface area contributed by atoms with Crippen molar-refractivity contribution in [1.29, 1.82) is 0 Å². The fourth-order valence-corrected chi connectivity index (χ4v) is 0.785. The van der Waals surface area contributed by atoms with Gasteiger partial charge in [-0.15, -0.1) is 0 Å². The third kappa shape index (κ3) is 3.20. The normalized spacial score (nSPS) is 10.1. The molecule has 0 spiro atoms. The van der Waals surface area contributed by atoms with Crippen LogP contribution in [0.2, 0.25) is 0 Å². The smallest absolute Gasteiger partial charge is 0.274 e. The Kier molecular flexibility index (Phi) is 3.57. The van der Waals surface area contributed by atoms with Gasteiger partial charge in [-0.2, -0.15) is 5.10 Å². The Morgan fingerprint density at radius 3 is 3.00 bits per heavy atom. The summed E-state index contributed by atoms with van der Waals surface area (Å²) in [6.07, 6.45) is 1.30. The van der Waals surface area contributed by atoms with Crippen molar-refractivity contribution in [3.8, 4) is 0 Å². The molecule has 74 valence electrons. The third-order valence-electron chi connectivity index (χ3n) is 1.36. The van der Waals surface area contributed by atoms with E-state index < -0.39 is 6.03 Å². The molecule has 0 aliphatic rings.